The SMILES string of the molecule is Cc1ccc(CNC(=O)CSC2=Nc3ccccc3C3=N[C@@H](Cc4c[nH]c5ccccc45)C(=O)N23)cc1. The van der Waals surface area contributed by atoms with Crippen molar-refractivity contribution in [1.29, 1.82) is 0 Å². The summed E-state index contributed by atoms with van der Waals surface area (Å²) in [4.78, 5) is 40.7. The molecule has 4 aromatic rings. The number of rotatable bonds is 6. The van der Waals surface area contributed by atoms with Crippen molar-refractivity contribution < 1.29 is 9.59 Å². The van der Waals surface area contributed by atoms with E-state index in [1.165, 1.54) is 17.3 Å². The number of hydrogen-bond donors (Lipinski definition) is 2. The van der Waals surface area contributed by atoms with Crippen LogP contribution in [0.1, 0.15) is 22.3 Å². The molecule has 184 valence electrons. The van der Waals surface area contributed by atoms with E-state index >= 15 is 0 Å². The number of para-hydroxylation sites is 2. The predicted octanol–water partition coefficient (Wildman–Crippen LogP) is 4.73. The fraction of sp³-hybridized carbons (Fsp3) is 0.172. The minimum Gasteiger partial charge on any atom is -0.361 e. The average molecular weight is 508 g/mol. The van der Waals surface area contributed by atoms with Crippen molar-refractivity contribution >= 4 is 51.2 Å². The lowest BCUT2D eigenvalue weighted by atomic mass is 10.1. The number of nitrogens with zero attached hydrogens (tertiary/aromatic N) is 3. The number of benzene rings is 3. The molecule has 37 heavy (non-hydrogen) atoms. The van der Waals surface area contributed by atoms with Crippen LogP contribution in [0, 0.1) is 6.92 Å². The van der Waals surface area contributed by atoms with Gasteiger partial charge in [-0.25, -0.2) is 9.89 Å². The summed E-state index contributed by atoms with van der Waals surface area (Å²) in [6.45, 7) is 2.49. The molecule has 0 aliphatic carbocycles. The van der Waals surface area contributed by atoms with Gasteiger partial charge < -0.3 is 10.3 Å². The molecule has 2 aliphatic heterocycles. The van der Waals surface area contributed by atoms with Gasteiger partial charge in [0.25, 0.3) is 5.91 Å². The van der Waals surface area contributed by atoms with E-state index in [4.69, 9.17) is 9.98 Å². The minimum absolute atomic E-state index is 0.118. The molecule has 0 unspecified atom stereocenters. The summed E-state index contributed by atoms with van der Waals surface area (Å²) < 4.78 is 0. The second-order valence-electron chi connectivity index (χ2n) is 9.17. The Morgan fingerprint density at radius 3 is 2.70 bits per heavy atom. The number of H-pyrrole nitrogens is 1. The number of carbonyl (C=O) groups is 2. The van der Waals surface area contributed by atoms with E-state index in [0.717, 1.165) is 33.3 Å². The molecule has 6 rings (SSSR count). The van der Waals surface area contributed by atoms with Gasteiger partial charge >= 0.3 is 0 Å². The van der Waals surface area contributed by atoms with E-state index in [9.17, 15) is 9.59 Å². The van der Waals surface area contributed by atoms with Crippen LogP contribution in [0.5, 0.6) is 0 Å². The van der Waals surface area contributed by atoms with Crippen molar-refractivity contribution in [3.63, 3.8) is 0 Å². The molecule has 0 saturated heterocycles. The quantitative estimate of drug-likeness (QED) is 0.396. The molecule has 0 radical (unpaired) electrons. The highest BCUT2D eigenvalue weighted by Gasteiger charge is 2.41. The number of hydrogen-bond acceptors (Lipinski definition) is 5. The van der Waals surface area contributed by atoms with Crippen LogP contribution in [0.15, 0.2) is 89.0 Å². The first-order chi connectivity index (χ1) is 18.1. The maximum Gasteiger partial charge on any atom is 0.259 e. The zero-order valence-electron chi connectivity index (χ0n) is 20.3. The number of aryl methyl sites for hydroxylation is 1. The Morgan fingerprint density at radius 1 is 1.05 bits per heavy atom. The van der Waals surface area contributed by atoms with Crippen LogP contribution in [-0.2, 0) is 22.6 Å². The molecule has 8 heteroatoms. The summed E-state index contributed by atoms with van der Waals surface area (Å²) >= 11 is 1.26. The van der Waals surface area contributed by atoms with Gasteiger partial charge in [0.2, 0.25) is 5.91 Å². The number of thioether (sulfide) groups is 1. The Balaban J connectivity index is 1.20. The van der Waals surface area contributed by atoms with Crippen LogP contribution in [0.4, 0.5) is 5.69 Å². The Labute approximate surface area is 218 Å². The van der Waals surface area contributed by atoms with Crippen LogP contribution in [0.3, 0.4) is 0 Å². The smallest absolute Gasteiger partial charge is 0.259 e. The van der Waals surface area contributed by atoms with Crippen molar-refractivity contribution in [2.24, 2.45) is 9.98 Å². The predicted molar refractivity (Wildman–Crippen MR) is 148 cm³/mol. The molecule has 3 heterocycles. The van der Waals surface area contributed by atoms with Crippen LogP contribution in [0.25, 0.3) is 10.9 Å². The number of fused-ring (bicyclic) bond motifs is 4. The maximum absolute atomic E-state index is 13.6. The molecule has 7 nitrogen and oxygen atoms in total. The largest absolute Gasteiger partial charge is 0.361 e. The van der Waals surface area contributed by atoms with Gasteiger partial charge in [-0.1, -0.05) is 71.9 Å². The zero-order valence-corrected chi connectivity index (χ0v) is 21.1. The highest BCUT2D eigenvalue weighted by atomic mass is 32.2. The molecule has 1 aromatic heterocycles. The van der Waals surface area contributed by atoms with Crippen LogP contribution in [-0.4, -0.2) is 44.5 Å². The van der Waals surface area contributed by atoms with Gasteiger partial charge in [-0.2, -0.15) is 0 Å². The van der Waals surface area contributed by atoms with Gasteiger partial charge in [-0.15, -0.1) is 0 Å². The summed E-state index contributed by atoms with van der Waals surface area (Å²) in [5.41, 5.74) is 5.88. The molecule has 0 bridgehead atoms. The minimum atomic E-state index is -0.554. The lowest BCUT2D eigenvalue weighted by molar-refractivity contribution is -0.124. The zero-order chi connectivity index (χ0) is 25.4. The van der Waals surface area contributed by atoms with Gasteiger partial charge in [-0.05, 0) is 36.2 Å². The normalized spacial score (nSPS) is 16.3. The van der Waals surface area contributed by atoms with Crippen LogP contribution < -0.4 is 5.32 Å². The molecule has 0 saturated carbocycles. The summed E-state index contributed by atoms with van der Waals surface area (Å²) in [5.74, 6) is 0.508. The third kappa shape index (κ3) is 4.56. The Bertz CT molecular complexity index is 1570. The number of amides is 2. The summed E-state index contributed by atoms with van der Waals surface area (Å²) in [6.07, 6.45) is 2.44. The van der Waals surface area contributed by atoms with Gasteiger partial charge in [-0.3, -0.25) is 14.6 Å². The number of carbonyl (C=O) groups excluding carboxylic acids is 2. The highest BCUT2D eigenvalue weighted by Crippen LogP contribution is 2.34. The van der Waals surface area contributed by atoms with Gasteiger partial charge in [0, 0.05) is 35.6 Å². The third-order valence-corrected chi connectivity index (χ3v) is 7.52. The number of aliphatic imine (C=N–C) groups is 2. The Kier molecular flexibility index (Phi) is 6.10. The van der Waals surface area contributed by atoms with E-state index in [-0.39, 0.29) is 17.6 Å². The lowest BCUT2D eigenvalue weighted by Crippen LogP contribution is -2.42. The van der Waals surface area contributed by atoms with Gasteiger partial charge in [0.15, 0.2) is 5.17 Å². The maximum atomic E-state index is 13.6. The third-order valence-electron chi connectivity index (χ3n) is 6.58. The van der Waals surface area contributed by atoms with Crippen molar-refractivity contribution in [2.45, 2.75) is 25.9 Å². The molecular weight excluding hydrogens is 482 g/mol. The molecule has 1 atom stereocenters. The lowest BCUT2D eigenvalue weighted by Gasteiger charge is -2.25. The molecule has 2 amide bonds. The topological polar surface area (TPSA) is 89.9 Å². The van der Waals surface area contributed by atoms with E-state index in [0.29, 0.717) is 24.0 Å². The molecule has 0 fully saturated rings. The molecule has 2 aliphatic rings. The molecule has 0 spiro atoms. The van der Waals surface area contributed by atoms with Crippen LogP contribution >= 0.6 is 11.8 Å². The molecule has 3 aromatic carbocycles. The summed E-state index contributed by atoms with van der Waals surface area (Å²) in [5, 5.41) is 4.52. The second kappa shape index (κ2) is 9.71. The highest BCUT2D eigenvalue weighted by molar-refractivity contribution is 8.14. The van der Waals surface area contributed by atoms with E-state index in [1.54, 1.807) is 4.90 Å². The number of nitrogens with one attached hydrogen (secondary N) is 2. The van der Waals surface area contributed by atoms with Gasteiger partial charge in [0.05, 0.1) is 11.4 Å². The molecule has 2 N–H and O–H groups in total. The van der Waals surface area contributed by atoms with E-state index < -0.39 is 6.04 Å². The first kappa shape index (κ1) is 23.2. The first-order valence-electron chi connectivity index (χ1n) is 12.2. The fourth-order valence-corrected chi connectivity index (χ4v) is 5.46. The van der Waals surface area contributed by atoms with Crippen LogP contribution in [0.2, 0.25) is 0 Å². The average Bonchev–Trinajstić information content (AvgIpc) is 3.48. The Hall–Kier alpha value is -4.17. The van der Waals surface area contributed by atoms with Crippen molar-refractivity contribution in [3.8, 4) is 0 Å². The second-order valence-corrected chi connectivity index (χ2v) is 10.1. The number of aromatic nitrogens is 1. The van der Waals surface area contributed by atoms with Crippen molar-refractivity contribution in [1.82, 2.24) is 15.2 Å². The summed E-state index contributed by atoms with van der Waals surface area (Å²) in [6, 6.07) is 23.2. The molecular formula is C29H25N5O2S. The van der Waals surface area contributed by atoms with E-state index in [1.807, 2.05) is 85.9 Å². The standard InChI is InChI=1S/C29H25N5O2S/c1-18-10-12-19(13-11-18)15-31-26(35)17-37-29-33-24-9-5-3-7-22(24)27-32-25(28(36)34(27)29)14-20-16-30-23-8-4-2-6-21(20)23/h2-13,16,25,30H,14-15,17H2,1H3,(H,31,35)/t25-/m0/s1. The van der Waals surface area contributed by atoms with Crippen molar-refractivity contribution in [2.75, 3.05) is 5.75 Å². The first-order valence-corrected chi connectivity index (χ1v) is 13.2. The Morgan fingerprint density at radius 2 is 1.84 bits per heavy atom. The fourth-order valence-electron chi connectivity index (χ4n) is 4.63. The summed E-state index contributed by atoms with van der Waals surface area (Å²) in [7, 11) is 0. The van der Waals surface area contributed by atoms with Crippen molar-refractivity contribution in [3.05, 3.63) is 101 Å². The van der Waals surface area contributed by atoms with Gasteiger partial charge in [0.1, 0.15) is 11.9 Å². The van der Waals surface area contributed by atoms with E-state index in [2.05, 4.69) is 10.3 Å². The number of aromatic amines is 1. The monoisotopic (exact) mass is 507 g/mol. The number of amidine groups is 2.